The summed E-state index contributed by atoms with van der Waals surface area (Å²) in [5, 5.41) is 3.13. The number of carbonyl (C=O) groups excluding carboxylic acids is 1. The second kappa shape index (κ2) is 8.11. The molecule has 0 aliphatic carbocycles. The summed E-state index contributed by atoms with van der Waals surface area (Å²) < 4.78 is 25.9. The van der Waals surface area contributed by atoms with Gasteiger partial charge in [0.1, 0.15) is 0 Å². The van der Waals surface area contributed by atoms with Crippen LogP contribution in [0.1, 0.15) is 5.56 Å². The third kappa shape index (κ3) is 5.59. The highest BCUT2D eigenvalue weighted by Gasteiger charge is 2.21. The molecule has 2 aromatic rings. The number of amides is 1. The molecule has 2 aromatic carbocycles. The Morgan fingerprint density at radius 1 is 1.17 bits per heavy atom. The van der Waals surface area contributed by atoms with Gasteiger partial charge in [-0.15, -0.1) is 0 Å². The van der Waals surface area contributed by atoms with E-state index in [1.54, 1.807) is 48.5 Å². The third-order valence-corrected chi connectivity index (χ3v) is 5.32. The first-order valence-electron chi connectivity index (χ1n) is 6.99. The van der Waals surface area contributed by atoms with E-state index in [1.807, 2.05) is 0 Å². The van der Waals surface area contributed by atoms with Crippen LogP contribution in [0.25, 0.3) is 0 Å². The normalized spacial score (nSPS) is 11.5. The van der Waals surface area contributed by atoms with Crippen molar-refractivity contribution in [3.8, 4) is 0 Å². The molecule has 1 amide bonds. The number of sulfonamides is 1. The Bertz CT molecular complexity index is 825. The summed E-state index contributed by atoms with van der Waals surface area (Å²) >= 11 is 9.38. The average Bonchev–Trinajstić information content (AvgIpc) is 2.50. The van der Waals surface area contributed by atoms with Crippen molar-refractivity contribution in [2.45, 2.75) is 6.54 Å². The first-order valence-corrected chi connectivity index (χ1v) is 10.0. The van der Waals surface area contributed by atoms with E-state index in [2.05, 4.69) is 21.2 Å². The molecule has 0 aromatic heterocycles. The predicted octanol–water partition coefficient (Wildman–Crippen LogP) is 3.50. The van der Waals surface area contributed by atoms with E-state index < -0.39 is 15.9 Å². The molecule has 5 nitrogen and oxygen atoms in total. The number of rotatable bonds is 6. The number of halogens is 2. The zero-order chi connectivity index (χ0) is 17.7. The van der Waals surface area contributed by atoms with Gasteiger partial charge >= 0.3 is 0 Å². The van der Waals surface area contributed by atoms with Crippen molar-refractivity contribution in [3.05, 3.63) is 63.6 Å². The minimum absolute atomic E-state index is 0.0340. The number of benzene rings is 2. The van der Waals surface area contributed by atoms with Gasteiger partial charge in [0, 0.05) is 21.7 Å². The monoisotopic (exact) mass is 430 g/mol. The molecule has 0 aliphatic heterocycles. The molecule has 0 unspecified atom stereocenters. The van der Waals surface area contributed by atoms with Crippen LogP contribution in [0.4, 0.5) is 5.69 Å². The Morgan fingerprint density at radius 2 is 1.79 bits per heavy atom. The van der Waals surface area contributed by atoms with Gasteiger partial charge in [-0.2, -0.15) is 4.31 Å². The van der Waals surface area contributed by atoms with Crippen LogP contribution in [-0.2, 0) is 21.4 Å². The van der Waals surface area contributed by atoms with Crippen LogP contribution in [0.2, 0.25) is 5.02 Å². The predicted molar refractivity (Wildman–Crippen MR) is 99.5 cm³/mol. The lowest BCUT2D eigenvalue weighted by Crippen LogP contribution is -2.37. The molecule has 0 atom stereocenters. The quantitative estimate of drug-likeness (QED) is 0.761. The number of anilines is 1. The van der Waals surface area contributed by atoms with Crippen molar-refractivity contribution in [3.63, 3.8) is 0 Å². The summed E-state index contributed by atoms with van der Waals surface area (Å²) in [5.74, 6) is -0.421. The van der Waals surface area contributed by atoms with Crippen molar-refractivity contribution in [2.24, 2.45) is 0 Å². The van der Waals surface area contributed by atoms with E-state index in [0.717, 1.165) is 15.0 Å². The fraction of sp³-hybridized carbons (Fsp3) is 0.188. The summed E-state index contributed by atoms with van der Waals surface area (Å²) in [4.78, 5) is 12.2. The minimum Gasteiger partial charge on any atom is -0.325 e. The Morgan fingerprint density at radius 3 is 2.38 bits per heavy atom. The lowest BCUT2D eigenvalue weighted by atomic mass is 10.2. The smallest absolute Gasteiger partial charge is 0.239 e. The number of hydrogen-bond donors (Lipinski definition) is 1. The van der Waals surface area contributed by atoms with Gasteiger partial charge in [-0.25, -0.2) is 8.42 Å². The molecule has 0 fully saturated rings. The summed E-state index contributed by atoms with van der Waals surface area (Å²) in [5.41, 5.74) is 1.23. The largest absolute Gasteiger partial charge is 0.325 e. The van der Waals surface area contributed by atoms with Crippen LogP contribution in [0, 0.1) is 0 Å². The van der Waals surface area contributed by atoms with Crippen LogP contribution in [0.5, 0.6) is 0 Å². The molecule has 1 N–H and O–H groups in total. The number of hydrogen-bond acceptors (Lipinski definition) is 3. The van der Waals surface area contributed by atoms with Crippen molar-refractivity contribution < 1.29 is 13.2 Å². The summed E-state index contributed by atoms with van der Waals surface area (Å²) in [7, 11) is -3.57. The molecule has 0 saturated carbocycles. The van der Waals surface area contributed by atoms with E-state index in [4.69, 9.17) is 11.6 Å². The molecule has 8 heteroatoms. The molecule has 0 radical (unpaired) electrons. The SMILES string of the molecule is CS(=O)(=O)N(CC(=O)Nc1ccc(Br)cc1)Cc1ccccc1Cl. The average molecular weight is 432 g/mol. The standard InChI is InChI=1S/C16H16BrClN2O3S/c1-24(22,23)20(10-12-4-2-3-5-15(12)18)11-16(21)19-14-8-6-13(17)7-9-14/h2-9H,10-11H2,1H3,(H,19,21). The van der Waals surface area contributed by atoms with Crippen molar-refractivity contribution in [2.75, 3.05) is 18.1 Å². The zero-order valence-corrected chi connectivity index (χ0v) is 16.0. The first-order chi connectivity index (χ1) is 11.3. The lowest BCUT2D eigenvalue weighted by molar-refractivity contribution is -0.116. The molecule has 128 valence electrons. The first kappa shape index (κ1) is 18.9. The Labute approximate surface area is 154 Å². The topological polar surface area (TPSA) is 66.5 Å². The Balaban J connectivity index is 2.10. The number of nitrogens with one attached hydrogen (secondary N) is 1. The van der Waals surface area contributed by atoms with Crippen LogP contribution in [-0.4, -0.2) is 31.4 Å². The van der Waals surface area contributed by atoms with Gasteiger partial charge < -0.3 is 5.32 Å². The maximum atomic E-state index is 12.2. The highest BCUT2D eigenvalue weighted by Crippen LogP contribution is 2.19. The summed E-state index contributed by atoms with van der Waals surface area (Å²) in [6.45, 7) is -0.258. The Hall–Kier alpha value is -1.41. The number of nitrogens with zero attached hydrogens (tertiary/aromatic N) is 1. The van der Waals surface area contributed by atoms with E-state index >= 15 is 0 Å². The van der Waals surface area contributed by atoms with E-state index in [0.29, 0.717) is 16.3 Å². The maximum Gasteiger partial charge on any atom is 0.239 e. The second-order valence-electron chi connectivity index (χ2n) is 5.18. The minimum atomic E-state index is -3.57. The molecular formula is C16H16BrClN2O3S. The van der Waals surface area contributed by atoms with Gasteiger partial charge in [-0.1, -0.05) is 45.7 Å². The van der Waals surface area contributed by atoms with Gasteiger partial charge in [0.15, 0.2) is 0 Å². The third-order valence-electron chi connectivity index (χ3n) is 3.22. The maximum absolute atomic E-state index is 12.2. The van der Waals surface area contributed by atoms with Gasteiger partial charge in [0.25, 0.3) is 0 Å². The van der Waals surface area contributed by atoms with E-state index in [-0.39, 0.29) is 13.1 Å². The molecule has 2 rings (SSSR count). The van der Waals surface area contributed by atoms with Gasteiger partial charge in [-0.05, 0) is 35.9 Å². The van der Waals surface area contributed by atoms with Gasteiger partial charge in [-0.3, -0.25) is 4.79 Å². The molecule has 0 aliphatic rings. The molecular weight excluding hydrogens is 416 g/mol. The molecule has 0 saturated heterocycles. The van der Waals surface area contributed by atoms with Crippen LogP contribution < -0.4 is 5.32 Å². The highest BCUT2D eigenvalue weighted by molar-refractivity contribution is 9.10. The molecule has 0 spiro atoms. The summed E-state index contributed by atoms with van der Waals surface area (Å²) in [6, 6.07) is 14.0. The van der Waals surface area contributed by atoms with Crippen LogP contribution in [0.15, 0.2) is 53.0 Å². The number of carbonyl (C=O) groups is 1. The van der Waals surface area contributed by atoms with Crippen LogP contribution >= 0.6 is 27.5 Å². The Kier molecular flexibility index (Phi) is 6.40. The molecule has 24 heavy (non-hydrogen) atoms. The van der Waals surface area contributed by atoms with E-state index in [9.17, 15) is 13.2 Å². The van der Waals surface area contributed by atoms with Crippen molar-refractivity contribution in [1.82, 2.24) is 4.31 Å². The fourth-order valence-corrected chi connectivity index (χ4v) is 3.19. The van der Waals surface area contributed by atoms with Crippen molar-refractivity contribution in [1.29, 1.82) is 0 Å². The zero-order valence-electron chi connectivity index (χ0n) is 12.9. The highest BCUT2D eigenvalue weighted by atomic mass is 79.9. The van der Waals surface area contributed by atoms with Gasteiger partial charge in [0.05, 0.1) is 12.8 Å². The summed E-state index contributed by atoms with van der Waals surface area (Å²) in [6.07, 6.45) is 1.07. The molecule has 0 bridgehead atoms. The second-order valence-corrected chi connectivity index (χ2v) is 8.48. The van der Waals surface area contributed by atoms with Crippen LogP contribution in [0.3, 0.4) is 0 Å². The van der Waals surface area contributed by atoms with E-state index in [1.165, 1.54) is 0 Å². The fourth-order valence-electron chi connectivity index (χ4n) is 2.00. The lowest BCUT2D eigenvalue weighted by Gasteiger charge is -2.20. The van der Waals surface area contributed by atoms with Crippen molar-refractivity contribution >= 4 is 49.1 Å². The molecule has 0 heterocycles. The van der Waals surface area contributed by atoms with Gasteiger partial charge in [0.2, 0.25) is 15.9 Å².